The number of ether oxygens (including phenoxy) is 1. The van der Waals surface area contributed by atoms with Gasteiger partial charge in [0.05, 0.1) is 0 Å². The highest BCUT2D eigenvalue weighted by molar-refractivity contribution is 5.95. The molecule has 7 nitrogen and oxygen atoms in total. The van der Waals surface area contributed by atoms with E-state index < -0.39 is 6.09 Å². The molecule has 2 heterocycles. The zero-order valence-corrected chi connectivity index (χ0v) is 22.4. The Balaban J connectivity index is 1.68. The molecular formula is C31H36N4O3. The molecule has 1 fully saturated rings. The molecule has 1 aromatic heterocycles. The quantitative estimate of drug-likeness (QED) is 0.439. The first-order valence-electron chi connectivity index (χ1n) is 13.3. The summed E-state index contributed by atoms with van der Waals surface area (Å²) in [5, 5.41) is 2.54. The molecule has 0 spiro atoms. The maximum Gasteiger partial charge on any atom is 0.412 e. The summed E-state index contributed by atoms with van der Waals surface area (Å²) < 4.78 is 5.65. The van der Waals surface area contributed by atoms with Crippen molar-refractivity contribution in [2.24, 2.45) is 0 Å². The summed E-state index contributed by atoms with van der Waals surface area (Å²) in [6.07, 6.45) is 4.96. The van der Waals surface area contributed by atoms with Gasteiger partial charge < -0.3 is 15.0 Å². The third-order valence-corrected chi connectivity index (χ3v) is 7.00. The molecule has 7 heteroatoms. The van der Waals surface area contributed by atoms with Gasteiger partial charge in [-0.2, -0.15) is 0 Å². The van der Waals surface area contributed by atoms with Crippen LogP contribution < -0.4 is 10.1 Å². The van der Waals surface area contributed by atoms with Gasteiger partial charge in [0.15, 0.2) is 0 Å². The number of nitrogens with zero attached hydrogens (tertiary/aromatic N) is 3. The summed E-state index contributed by atoms with van der Waals surface area (Å²) in [5.74, 6) is 0.542. The van der Waals surface area contributed by atoms with Gasteiger partial charge in [-0.15, -0.1) is 0 Å². The number of nitrogens with one attached hydrogen (secondary N) is 1. The number of carbonyl (C=O) groups excluding carboxylic acids is 2. The van der Waals surface area contributed by atoms with E-state index in [0.717, 1.165) is 49.2 Å². The van der Waals surface area contributed by atoms with Gasteiger partial charge in [-0.3, -0.25) is 14.7 Å². The van der Waals surface area contributed by atoms with Crippen LogP contribution in [0.2, 0.25) is 0 Å². The SMILES string of the molecule is CCN(CC)C(=O)c1ccc(C(=C2CCN(Cc3ccncc3)CC2)c2ccccc2OC(=O)NC)cc1. The van der Waals surface area contributed by atoms with E-state index >= 15 is 0 Å². The van der Waals surface area contributed by atoms with Crippen LogP contribution in [0.3, 0.4) is 0 Å². The molecular weight excluding hydrogens is 476 g/mol. The van der Waals surface area contributed by atoms with Crippen molar-refractivity contribution >= 4 is 17.6 Å². The van der Waals surface area contributed by atoms with Crippen LogP contribution in [0.1, 0.15) is 53.7 Å². The summed E-state index contributed by atoms with van der Waals surface area (Å²) in [7, 11) is 1.55. The van der Waals surface area contributed by atoms with Gasteiger partial charge in [0.25, 0.3) is 5.91 Å². The van der Waals surface area contributed by atoms with Crippen molar-refractivity contribution in [1.29, 1.82) is 0 Å². The van der Waals surface area contributed by atoms with Gasteiger partial charge >= 0.3 is 6.09 Å². The Bertz CT molecular complexity index is 1260. The molecule has 38 heavy (non-hydrogen) atoms. The van der Waals surface area contributed by atoms with Crippen molar-refractivity contribution in [2.75, 3.05) is 33.2 Å². The number of pyridine rings is 1. The minimum absolute atomic E-state index is 0.0310. The monoisotopic (exact) mass is 512 g/mol. The van der Waals surface area contributed by atoms with Crippen LogP contribution in [0.15, 0.2) is 78.6 Å². The van der Waals surface area contributed by atoms with Crippen LogP contribution in [0.4, 0.5) is 4.79 Å². The maximum absolute atomic E-state index is 12.9. The third-order valence-electron chi connectivity index (χ3n) is 7.00. The highest BCUT2D eigenvalue weighted by Gasteiger charge is 2.22. The molecule has 0 atom stereocenters. The van der Waals surface area contributed by atoms with Gasteiger partial charge in [-0.25, -0.2) is 4.79 Å². The van der Waals surface area contributed by atoms with E-state index in [2.05, 4.69) is 27.3 Å². The van der Waals surface area contributed by atoms with E-state index in [4.69, 9.17) is 4.74 Å². The average Bonchev–Trinajstić information content (AvgIpc) is 2.96. The summed E-state index contributed by atoms with van der Waals surface area (Å²) >= 11 is 0. The van der Waals surface area contributed by atoms with E-state index in [0.29, 0.717) is 24.4 Å². The first-order valence-corrected chi connectivity index (χ1v) is 13.3. The molecule has 1 N–H and O–H groups in total. The molecule has 1 aliphatic heterocycles. The Hall–Kier alpha value is -3.97. The van der Waals surface area contributed by atoms with E-state index in [1.807, 2.05) is 79.7 Å². The zero-order chi connectivity index (χ0) is 26.9. The largest absolute Gasteiger partial charge is 0.412 e. The van der Waals surface area contributed by atoms with E-state index in [1.165, 1.54) is 11.1 Å². The molecule has 2 aromatic carbocycles. The molecule has 1 aliphatic rings. The number of likely N-dealkylation sites (tertiary alicyclic amines) is 1. The Labute approximate surface area is 225 Å². The summed E-state index contributed by atoms with van der Waals surface area (Å²) in [6, 6.07) is 19.6. The van der Waals surface area contributed by atoms with Crippen LogP contribution in [-0.4, -0.2) is 60.0 Å². The molecule has 198 valence electrons. The Kier molecular flexibility index (Phi) is 9.27. The van der Waals surface area contributed by atoms with Gasteiger partial charge in [0, 0.05) is 63.3 Å². The smallest absolute Gasteiger partial charge is 0.410 e. The van der Waals surface area contributed by atoms with Crippen molar-refractivity contribution in [3.63, 3.8) is 0 Å². The van der Waals surface area contributed by atoms with Crippen molar-refractivity contribution in [3.05, 3.63) is 101 Å². The first-order chi connectivity index (χ1) is 18.5. The Morgan fingerprint density at radius 2 is 1.55 bits per heavy atom. The molecule has 0 radical (unpaired) electrons. The number of aromatic nitrogens is 1. The molecule has 0 saturated carbocycles. The second kappa shape index (κ2) is 13.0. The van der Waals surface area contributed by atoms with E-state index in [-0.39, 0.29) is 5.91 Å². The second-order valence-corrected chi connectivity index (χ2v) is 9.30. The predicted molar refractivity (Wildman–Crippen MR) is 150 cm³/mol. The van der Waals surface area contributed by atoms with Crippen molar-refractivity contribution in [1.82, 2.24) is 20.1 Å². The molecule has 0 unspecified atom stereocenters. The van der Waals surface area contributed by atoms with Crippen LogP contribution in [0.25, 0.3) is 5.57 Å². The number of piperidine rings is 1. The van der Waals surface area contributed by atoms with Crippen LogP contribution in [-0.2, 0) is 6.54 Å². The van der Waals surface area contributed by atoms with E-state index in [9.17, 15) is 9.59 Å². The standard InChI is InChI=1S/C31H36N4O3/c1-4-35(5-2)30(36)26-12-10-24(11-13-26)29(27-8-6-7-9-28(27)38-31(37)32-3)25-16-20-34(21-17-25)22-23-14-18-33-19-15-23/h6-15,18-19H,4-5,16-17,20-22H2,1-3H3,(H,32,37). The molecule has 0 aliphatic carbocycles. The fourth-order valence-corrected chi connectivity index (χ4v) is 4.91. The van der Waals surface area contributed by atoms with Gasteiger partial charge in [-0.05, 0) is 73.7 Å². The lowest BCUT2D eigenvalue weighted by molar-refractivity contribution is 0.0773. The summed E-state index contributed by atoms with van der Waals surface area (Å²) in [6.45, 7) is 8.07. The number of hydrogen-bond donors (Lipinski definition) is 1. The van der Waals surface area contributed by atoms with Gasteiger partial charge in [0.2, 0.25) is 0 Å². The Morgan fingerprint density at radius 3 is 2.18 bits per heavy atom. The van der Waals surface area contributed by atoms with Crippen molar-refractivity contribution < 1.29 is 14.3 Å². The molecule has 2 amide bonds. The van der Waals surface area contributed by atoms with Crippen LogP contribution >= 0.6 is 0 Å². The molecule has 4 rings (SSSR count). The zero-order valence-electron chi connectivity index (χ0n) is 22.4. The predicted octanol–water partition coefficient (Wildman–Crippen LogP) is 5.38. The summed E-state index contributed by atoms with van der Waals surface area (Å²) in [4.78, 5) is 33.4. The number of benzene rings is 2. The lowest BCUT2D eigenvalue weighted by Gasteiger charge is -2.30. The van der Waals surface area contributed by atoms with Crippen LogP contribution in [0.5, 0.6) is 5.75 Å². The molecule has 1 saturated heterocycles. The summed E-state index contributed by atoms with van der Waals surface area (Å²) in [5.41, 5.74) is 6.18. The lowest BCUT2D eigenvalue weighted by atomic mass is 9.87. The van der Waals surface area contributed by atoms with Gasteiger partial charge in [0.1, 0.15) is 5.75 Å². The fourth-order valence-electron chi connectivity index (χ4n) is 4.91. The van der Waals surface area contributed by atoms with E-state index in [1.54, 1.807) is 7.05 Å². The maximum atomic E-state index is 12.9. The lowest BCUT2D eigenvalue weighted by Crippen LogP contribution is -2.30. The number of hydrogen-bond acceptors (Lipinski definition) is 5. The second-order valence-electron chi connectivity index (χ2n) is 9.30. The fraction of sp³-hybridized carbons (Fsp3) is 0.323. The first kappa shape index (κ1) is 27.1. The molecule has 3 aromatic rings. The highest BCUT2D eigenvalue weighted by Crippen LogP contribution is 2.37. The Morgan fingerprint density at radius 1 is 0.921 bits per heavy atom. The number of amides is 2. The number of para-hydroxylation sites is 1. The van der Waals surface area contributed by atoms with Gasteiger partial charge in [-0.1, -0.05) is 35.9 Å². The normalized spacial score (nSPS) is 13.6. The highest BCUT2D eigenvalue weighted by atomic mass is 16.6. The number of rotatable bonds is 8. The molecule has 0 bridgehead atoms. The average molecular weight is 513 g/mol. The topological polar surface area (TPSA) is 74.8 Å². The minimum Gasteiger partial charge on any atom is -0.410 e. The van der Waals surface area contributed by atoms with Crippen LogP contribution in [0, 0.1) is 0 Å². The third kappa shape index (κ3) is 6.47. The van der Waals surface area contributed by atoms with Crippen molar-refractivity contribution in [2.45, 2.75) is 33.2 Å². The number of carbonyl (C=O) groups is 2. The minimum atomic E-state index is -0.505. The van der Waals surface area contributed by atoms with Crippen molar-refractivity contribution in [3.8, 4) is 5.75 Å².